The predicted molar refractivity (Wildman–Crippen MR) is 66.6 cm³/mol. The van der Waals surface area contributed by atoms with Crippen molar-refractivity contribution in [1.29, 1.82) is 0 Å². The largest absolute Gasteiger partial charge is 0.342 e. The van der Waals surface area contributed by atoms with Gasteiger partial charge in [-0.05, 0) is 13.1 Å². The highest BCUT2D eigenvalue weighted by molar-refractivity contribution is 5.76. The SMILES string of the molecule is CCN(CC)CCC(=O)N1CCN(C=O)CC1. The minimum atomic E-state index is 0.211. The summed E-state index contributed by atoms with van der Waals surface area (Å²) < 4.78 is 0. The van der Waals surface area contributed by atoms with E-state index in [9.17, 15) is 9.59 Å². The fourth-order valence-corrected chi connectivity index (χ4v) is 2.03. The minimum Gasteiger partial charge on any atom is -0.342 e. The molecule has 0 aromatic heterocycles. The second-order valence-electron chi connectivity index (χ2n) is 4.30. The van der Waals surface area contributed by atoms with E-state index >= 15 is 0 Å². The Bertz CT molecular complexity index is 246. The van der Waals surface area contributed by atoms with Crippen molar-refractivity contribution in [3.05, 3.63) is 0 Å². The summed E-state index contributed by atoms with van der Waals surface area (Å²) in [6.45, 7) is 9.71. The summed E-state index contributed by atoms with van der Waals surface area (Å²) in [5.74, 6) is 0.211. The Hall–Kier alpha value is -1.10. The number of nitrogens with zero attached hydrogens (tertiary/aromatic N) is 3. The predicted octanol–water partition coefficient (Wildman–Crippen LogP) is 0.0189. The number of rotatable bonds is 6. The van der Waals surface area contributed by atoms with Crippen LogP contribution in [0.3, 0.4) is 0 Å². The zero-order valence-electron chi connectivity index (χ0n) is 10.9. The molecule has 0 atom stereocenters. The van der Waals surface area contributed by atoms with Crippen LogP contribution in [0.5, 0.6) is 0 Å². The third-order valence-electron chi connectivity index (χ3n) is 3.35. The van der Waals surface area contributed by atoms with Gasteiger partial charge in [-0.15, -0.1) is 0 Å². The van der Waals surface area contributed by atoms with Gasteiger partial charge in [-0.25, -0.2) is 0 Å². The van der Waals surface area contributed by atoms with Gasteiger partial charge < -0.3 is 14.7 Å². The Labute approximate surface area is 103 Å². The Morgan fingerprint density at radius 3 is 2.24 bits per heavy atom. The molecule has 0 aromatic rings. The van der Waals surface area contributed by atoms with E-state index in [-0.39, 0.29) is 5.91 Å². The highest BCUT2D eigenvalue weighted by Crippen LogP contribution is 2.03. The molecular weight excluding hydrogens is 218 g/mol. The highest BCUT2D eigenvalue weighted by atomic mass is 16.2. The average Bonchev–Trinajstić information content (AvgIpc) is 2.39. The maximum absolute atomic E-state index is 11.9. The fourth-order valence-electron chi connectivity index (χ4n) is 2.03. The molecule has 0 bridgehead atoms. The van der Waals surface area contributed by atoms with E-state index in [2.05, 4.69) is 18.7 Å². The maximum atomic E-state index is 11.9. The normalized spacial score (nSPS) is 16.4. The molecule has 1 aliphatic heterocycles. The lowest BCUT2D eigenvalue weighted by Gasteiger charge is -2.33. The fraction of sp³-hybridized carbons (Fsp3) is 0.833. The molecule has 0 aromatic carbocycles. The first-order valence-corrected chi connectivity index (χ1v) is 6.40. The Morgan fingerprint density at radius 2 is 1.76 bits per heavy atom. The van der Waals surface area contributed by atoms with Gasteiger partial charge in [0.25, 0.3) is 0 Å². The number of hydrogen-bond donors (Lipinski definition) is 0. The lowest BCUT2D eigenvalue weighted by molar-refractivity contribution is -0.135. The molecule has 0 radical (unpaired) electrons. The Balaban J connectivity index is 2.26. The maximum Gasteiger partial charge on any atom is 0.223 e. The summed E-state index contributed by atoms with van der Waals surface area (Å²) >= 11 is 0. The van der Waals surface area contributed by atoms with Crippen molar-refractivity contribution in [2.45, 2.75) is 20.3 Å². The molecule has 5 heteroatoms. The lowest BCUT2D eigenvalue weighted by atomic mass is 10.2. The first-order valence-electron chi connectivity index (χ1n) is 6.40. The molecular formula is C12H23N3O2. The first kappa shape index (κ1) is 14.0. The van der Waals surface area contributed by atoms with Gasteiger partial charge >= 0.3 is 0 Å². The van der Waals surface area contributed by atoms with Crippen LogP contribution in [0.25, 0.3) is 0 Å². The van der Waals surface area contributed by atoms with E-state index in [1.165, 1.54) is 0 Å². The van der Waals surface area contributed by atoms with Crippen LogP contribution in [0, 0.1) is 0 Å². The van der Waals surface area contributed by atoms with Crippen LogP contribution in [0.2, 0.25) is 0 Å². The lowest BCUT2D eigenvalue weighted by Crippen LogP contribution is -2.48. The van der Waals surface area contributed by atoms with Gasteiger partial charge in [0.05, 0.1) is 0 Å². The standard InChI is InChI=1S/C12H23N3O2/c1-3-13(4-2)6-5-12(17)15-9-7-14(11-16)8-10-15/h11H,3-10H2,1-2H3. The summed E-state index contributed by atoms with van der Waals surface area (Å²) in [5, 5.41) is 0. The first-order chi connectivity index (χ1) is 8.21. The Morgan fingerprint density at radius 1 is 1.18 bits per heavy atom. The molecule has 17 heavy (non-hydrogen) atoms. The van der Waals surface area contributed by atoms with Gasteiger partial charge in [-0.2, -0.15) is 0 Å². The van der Waals surface area contributed by atoms with Gasteiger partial charge in [0.1, 0.15) is 0 Å². The summed E-state index contributed by atoms with van der Waals surface area (Å²) in [5.41, 5.74) is 0. The molecule has 1 aliphatic rings. The monoisotopic (exact) mass is 241 g/mol. The van der Waals surface area contributed by atoms with Crippen LogP contribution in [0.15, 0.2) is 0 Å². The number of piperazine rings is 1. The van der Waals surface area contributed by atoms with E-state index in [0.29, 0.717) is 32.6 Å². The second kappa shape index (κ2) is 7.27. The van der Waals surface area contributed by atoms with E-state index < -0.39 is 0 Å². The topological polar surface area (TPSA) is 43.9 Å². The van der Waals surface area contributed by atoms with E-state index in [0.717, 1.165) is 26.0 Å². The minimum absolute atomic E-state index is 0.211. The van der Waals surface area contributed by atoms with Crippen LogP contribution in [-0.2, 0) is 9.59 Å². The van der Waals surface area contributed by atoms with Crippen molar-refractivity contribution in [3.8, 4) is 0 Å². The van der Waals surface area contributed by atoms with Crippen molar-refractivity contribution < 1.29 is 9.59 Å². The molecule has 1 saturated heterocycles. The molecule has 5 nitrogen and oxygen atoms in total. The number of amides is 2. The van der Waals surface area contributed by atoms with Crippen molar-refractivity contribution in [2.24, 2.45) is 0 Å². The third-order valence-corrected chi connectivity index (χ3v) is 3.35. The van der Waals surface area contributed by atoms with Crippen molar-refractivity contribution in [3.63, 3.8) is 0 Å². The van der Waals surface area contributed by atoms with Gasteiger partial charge in [0.2, 0.25) is 12.3 Å². The van der Waals surface area contributed by atoms with Crippen LogP contribution >= 0.6 is 0 Å². The summed E-state index contributed by atoms with van der Waals surface area (Å²) in [6, 6.07) is 0. The van der Waals surface area contributed by atoms with Gasteiger partial charge in [-0.1, -0.05) is 13.8 Å². The summed E-state index contributed by atoms with van der Waals surface area (Å²) in [7, 11) is 0. The zero-order valence-corrected chi connectivity index (χ0v) is 10.9. The van der Waals surface area contributed by atoms with Crippen molar-refractivity contribution >= 4 is 12.3 Å². The molecule has 0 N–H and O–H groups in total. The van der Waals surface area contributed by atoms with E-state index in [4.69, 9.17) is 0 Å². The molecule has 0 unspecified atom stereocenters. The highest BCUT2D eigenvalue weighted by Gasteiger charge is 2.19. The molecule has 0 spiro atoms. The smallest absolute Gasteiger partial charge is 0.223 e. The van der Waals surface area contributed by atoms with Gasteiger partial charge in [-0.3, -0.25) is 9.59 Å². The van der Waals surface area contributed by atoms with Gasteiger partial charge in [0.15, 0.2) is 0 Å². The number of carbonyl (C=O) groups is 2. The van der Waals surface area contributed by atoms with Crippen LogP contribution in [-0.4, -0.2) is 72.8 Å². The molecule has 1 heterocycles. The van der Waals surface area contributed by atoms with Crippen molar-refractivity contribution in [1.82, 2.24) is 14.7 Å². The third kappa shape index (κ3) is 4.34. The van der Waals surface area contributed by atoms with E-state index in [1.54, 1.807) is 4.90 Å². The quantitative estimate of drug-likeness (QED) is 0.616. The molecule has 1 fully saturated rings. The van der Waals surface area contributed by atoms with Gasteiger partial charge in [0, 0.05) is 39.1 Å². The molecule has 0 saturated carbocycles. The van der Waals surface area contributed by atoms with Crippen LogP contribution in [0.1, 0.15) is 20.3 Å². The van der Waals surface area contributed by atoms with E-state index in [1.807, 2.05) is 4.90 Å². The van der Waals surface area contributed by atoms with Crippen LogP contribution in [0.4, 0.5) is 0 Å². The summed E-state index contributed by atoms with van der Waals surface area (Å²) in [4.78, 5) is 28.3. The second-order valence-corrected chi connectivity index (χ2v) is 4.30. The van der Waals surface area contributed by atoms with Crippen LogP contribution < -0.4 is 0 Å². The molecule has 1 rings (SSSR count). The summed E-state index contributed by atoms with van der Waals surface area (Å²) in [6.07, 6.45) is 1.44. The Kier molecular flexibility index (Phi) is 5.97. The molecule has 98 valence electrons. The number of carbonyl (C=O) groups excluding carboxylic acids is 2. The van der Waals surface area contributed by atoms with Crippen molar-refractivity contribution in [2.75, 3.05) is 45.8 Å². The molecule has 2 amide bonds. The number of hydrogen-bond acceptors (Lipinski definition) is 3. The zero-order chi connectivity index (χ0) is 12.7. The average molecular weight is 241 g/mol. The molecule has 0 aliphatic carbocycles.